The van der Waals surface area contributed by atoms with E-state index in [4.69, 9.17) is 9.47 Å². The van der Waals surface area contributed by atoms with E-state index in [9.17, 15) is 14.9 Å². The molecule has 2 aromatic carbocycles. The Morgan fingerprint density at radius 3 is 2.38 bits per heavy atom. The molecule has 2 fully saturated rings. The fourth-order valence-corrected chi connectivity index (χ4v) is 8.47. The van der Waals surface area contributed by atoms with E-state index >= 15 is 0 Å². The van der Waals surface area contributed by atoms with Gasteiger partial charge in [-0.2, -0.15) is 5.26 Å². The molecule has 4 aromatic rings. The number of carbonyl (C=O) groups excluding carboxylic acids is 1. The number of pyridine rings is 2. The maximum Gasteiger partial charge on any atom is 0.265 e. The molecule has 3 aliphatic heterocycles. The van der Waals surface area contributed by atoms with E-state index in [0.717, 1.165) is 77.5 Å². The van der Waals surface area contributed by atoms with Gasteiger partial charge in [0.1, 0.15) is 27.7 Å². The number of hydrogen-bond acceptors (Lipinski definition) is 8. The number of amides is 1. The first-order valence-corrected chi connectivity index (χ1v) is 18.4. The molecule has 5 heterocycles. The largest absolute Gasteiger partial charge is 0.496 e. The Kier molecular flexibility index (Phi) is 9.83. The highest BCUT2D eigenvalue weighted by Crippen LogP contribution is 2.42. The summed E-state index contributed by atoms with van der Waals surface area (Å²) < 4.78 is 14.1. The number of piperazine rings is 1. The molecule has 0 N–H and O–H groups in total. The molecule has 2 aromatic heterocycles. The smallest absolute Gasteiger partial charge is 0.265 e. The predicted molar refractivity (Wildman–Crippen MR) is 204 cm³/mol. The first kappa shape index (κ1) is 35.6. The van der Waals surface area contributed by atoms with Crippen LogP contribution in [0.5, 0.6) is 11.5 Å². The highest BCUT2D eigenvalue weighted by atomic mass is 79.9. The van der Waals surface area contributed by atoms with Crippen molar-refractivity contribution < 1.29 is 14.3 Å². The van der Waals surface area contributed by atoms with Crippen LogP contribution in [0, 0.1) is 25.2 Å². The molecule has 3 aliphatic rings. The van der Waals surface area contributed by atoms with Crippen molar-refractivity contribution in [3.63, 3.8) is 0 Å². The van der Waals surface area contributed by atoms with Gasteiger partial charge >= 0.3 is 0 Å². The molecule has 0 spiro atoms. The molecule has 0 saturated carbocycles. The summed E-state index contributed by atoms with van der Waals surface area (Å²) in [6.07, 6.45) is 4.19. The molecule has 1 amide bonds. The minimum atomic E-state index is -0.270. The molecule has 11 heteroatoms. The van der Waals surface area contributed by atoms with Gasteiger partial charge in [-0.3, -0.25) is 19.4 Å². The molecule has 0 aliphatic carbocycles. The Balaban J connectivity index is 1.02. The van der Waals surface area contributed by atoms with Gasteiger partial charge < -0.3 is 18.9 Å². The summed E-state index contributed by atoms with van der Waals surface area (Å²) in [4.78, 5) is 37.3. The fourth-order valence-electron chi connectivity index (χ4n) is 8.11. The van der Waals surface area contributed by atoms with E-state index in [2.05, 4.69) is 74.0 Å². The van der Waals surface area contributed by atoms with Crippen molar-refractivity contribution >= 4 is 27.9 Å². The lowest BCUT2D eigenvalue weighted by Crippen LogP contribution is -2.40. The van der Waals surface area contributed by atoms with Crippen LogP contribution >= 0.6 is 15.9 Å². The Bertz CT molecular complexity index is 2170. The van der Waals surface area contributed by atoms with Gasteiger partial charge in [-0.15, -0.1) is 0 Å². The third-order valence-corrected chi connectivity index (χ3v) is 11.6. The zero-order chi connectivity index (χ0) is 36.8. The van der Waals surface area contributed by atoms with Gasteiger partial charge in [-0.25, -0.2) is 4.98 Å². The molecule has 0 radical (unpaired) electrons. The van der Waals surface area contributed by atoms with Crippen LogP contribution in [-0.4, -0.2) is 76.1 Å². The number of rotatable bonds is 9. The molecule has 0 bridgehead atoms. The maximum absolute atomic E-state index is 13.6. The number of nitriles is 1. The minimum absolute atomic E-state index is 0.00757. The number of aromatic nitrogens is 2. The number of benzene rings is 2. The SMILES string of the molecule is COc1cc(-c2cn(C)c(=O)c(C)c2C)cc(OC)c1CN1CC2C(C1)N2Cc1cccc2c1CCN(C(=O)/C(C#N)=C/c1cccc(Br)n1)C2C. The van der Waals surface area contributed by atoms with Crippen molar-refractivity contribution in [3.05, 3.63) is 114 Å². The van der Waals surface area contributed by atoms with E-state index < -0.39 is 0 Å². The lowest BCUT2D eigenvalue weighted by molar-refractivity contribution is -0.129. The number of methoxy groups -OCH3 is 2. The minimum Gasteiger partial charge on any atom is -0.496 e. The number of halogens is 1. The lowest BCUT2D eigenvalue weighted by Gasteiger charge is -2.36. The Morgan fingerprint density at radius 1 is 1.04 bits per heavy atom. The second kappa shape index (κ2) is 14.3. The van der Waals surface area contributed by atoms with Gasteiger partial charge in [0.25, 0.3) is 11.5 Å². The van der Waals surface area contributed by atoms with Gasteiger partial charge in [-0.05, 0) is 101 Å². The number of fused-ring (bicyclic) bond motifs is 2. The first-order chi connectivity index (χ1) is 25.0. The number of carbonyl (C=O) groups is 1. The van der Waals surface area contributed by atoms with Gasteiger partial charge in [0, 0.05) is 69.2 Å². The van der Waals surface area contributed by atoms with Crippen molar-refractivity contribution in [2.75, 3.05) is 33.9 Å². The molecule has 268 valence electrons. The summed E-state index contributed by atoms with van der Waals surface area (Å²) in [5.74, 6) is 1.28. The third kappa shape index (κ3) is 6.55. The lowest BCUT2D eigenvalue weighted by atomic mass is 9.89. The highest BCUT2D eigenvalue weighted by Gasteiger charge is 2.53. The van der Waals surface area contributed by atoms with E-state index in [1.54, 1.807) is 38.0 Å². The number of ether oxygens (including phenoxy) is 2. The number of nitrogens with zero attached hydrogens (tertiary/aromatic N) is 6. The molecule has 10 nitrogen and oxygen atoms in total. The Labute approximate surface area is 313 Å². The molecule has 52 heavy (non-hydrogen) atoms. The van der Waals surface area contributed by atoms with Crippen molar-refractivity contribution in [2.24, 2.45) is 7.05 Å². The van der Waals surface area contributed by atoms with Crippen LogP contribution in [0.2, 0.25) is 0 Å². The van der Waals surface area contributed by atoms with E-state index in [-0.39, 0.29) is 23.1 Å². The molecule has 3 unspecified atom stereocenters. The van der Waals surface area contributed by atoms with Crippen LogP contribution in [0.1, 0.15) is 52.0 Å². The Morgan fingerprint density at radius 2 is 1.73 bits per heavy atom. The average molecular weight is 764 g/mol. The summed E-state index contributed by atoms with van der Waals surface area (Å²) in [5, 5.41) is 9.87. The van der Waals surface area contributed by atoms with Gasteiger partial charge in [0.2, 0.25) is 0 Å². The summed E-state index contributed by atoms with van der Waals surface area (Å²) in [5.41, 5.74) is 9.08. The van der Waals surface area contributed by atoms with E-state index in [1.165, 1.54) is 11.1 Å². The van der Waals surface area contributed by atoms with Crippen LogP contribution in [0.25, 0.3) is 17.2 Å². The van der Waals surface area contributed by atoms with Crippen molar-refractivity contribution in [2.45, 2.75) is 58.4 Å². The van der Waals surface area contributed by atoms with E-state index in [0.29, 0.717) is 28.9 Å². The predicted octanol–water partition coefficient (Wildman–Crippen LogP) is 5.97. The monoisotopic (exact) mass is 762 g/mol. The standard InChI is InChI=1S/C41H43BrN6O4/c1-24-25(2)40(49)45(4)20-33(24)28-16-37(51-5)34(38(17-28)52-6)21-46-22-35-36(23-46)48(35)19-27-9-7-11-31-26(3)47(14-13-32(27)31)41(50)29(18-43)15-30-10-8-12-39(42)44-30/h7-12,15-17,20,26,35-36H,13-14,19,21-23H2,1-6H3/b29-15+. The topological polar surface area (TPSA) is 104 Å². The number of likely N-dealkylation sites (tertiary alicyclic amines) is 1. The molecular weight excluding hydrogens is 720 g/mol. The van der Waals surface area contributed by atoms with Crippen LogP contribution in [0.3, 0.4) is 0 Å². The number of aryl methyl sites for hydroxylation is 1. The second-order valence-electron chi connectivity index (χ2n) is 14.0. The van der Waals surface area contributed by atoms with Gasteiger partial charge in [-0.1, -0.05) is 24.3 Å². The zero-order valence-electron chi connectivity index (χ0n) is 30.4. The maximum atomic E-state index is 13.6. The van der Waals surface area contributed by atoms with E-state index in [1.807, 2.05) is 37.1 Å². The summed E-state index contributed by atoms with van der Waals surface area (Å²) in [6, 6.07) is 18.9. The van der Waals surface area contributed by atoms with Crippen LogP contribution in [-0.2, 0) is 31.4 Å². The average Bonchev–Trinajstić information content (AvgIpc) is 3.57. The summed E-state index contributed by atoms with van der Waals surface area (Å²) in [7, 11) is 5.17. The normalized spacial score (nSPS) is 21.0. The summed E-state index contributed by atoms with van der Waals surface area (Å²) >= 11 is 3.36. The molecular formula is C41H43BrN6O4. The Hall–Kier alpha value is -4.76. The van der Waals surface area contributed by atoms with Crippen molar-refractivity contribution in [1.29, 1.82) is 5.26 Å². The third-order valence-electron chi connectivity index (χ3n) is 11.2. The first-order valence-electron chi connectivity index (χ1n) is 17.6. The fraction of sp³-hybridized carbons (Fsp3) is 0.366. The van der Waals surface area contributed by atoms with Gasteiger partial charge in [0.05, 0.1) is 31.5 Å². The molecule has 7 rings (SSSR count). The van der Waals surface area contributed by atoms with Crippen molar-refractivity contribution in [1.82, 2.24) is 24.3 Å². The van der Waals surface area contributed by atoms with Crippen molar-refractivity contribution in [3.8, 4) is 28.7 Å². The van der Waals surface area contributed by atoms with Crippen LogP contribution in [0.4, 0.5) is 0 Å². The second-order valence-corrected chi connectivity index (χ2v) is 14.8. The molecule has 3 atom stereocenters. The zero-order valence-corrected chi connectivity index (χ0v) is 32.0. The van der Waals surface area contributed by atoms with Crippen LogP contribution < -0.4 is 15.0 Å². The van der Waals surface area contributed by atoms with Gasteiger partial charge in [0.15, 0.2) is 0 Å². The van der Waals surface area contributed by atoms with Crippen LogP contribution in [0.15, 0.2) is 69.7 Å². The summed E-state index contributed by atoms with van der Waals surface area (Å²) in [6.45, 7) is 9.98. The number of hydrogen-bond donors (Lipinski definition) is 0. The molecule has 2 saturated heterocycles. The highest BCUT2D eigenvalue weighted by molar-refractivity contribution is 9.10. The quantitative estimate of drug-likeness (QED) is 0.0891.